The van der Waals surface area contributed by atoms with Crippen LogP contribution in [0.5, 0.6) is 0 Å². The summed E-state index contributed by atoms with van der Waals surface area (Å²) in [4.78, 5) is 10.8. The summed E-state index contributed by atoms with van der Waals surface area (Å²) in [6.07, 6.45) is 0. The van der Waals surface area contributed by atoms with E-state index in [2.05, 4.69) is 44.6 Å². The third kappa shape index (κ3) is 3.42. The molecule has 0 amide bonds. The van der Waals surface area contributed by atoms with Crippen LogP contribution in [0.4, 0.5) is 5.82 Å². The molecule has 0 aromatic carbocycles. The van der Waals surface area contributed by atoms with E-state index >= 15 is 0 Å². The molecule has 1 unspecified atom stereocenters. The Morgan fingerprint density at radius 1 is 1.50 bits per heavy atom. The van der Waals surface area contributed by atoms with E-state index in [0.717, 1.165) is 22.8 Å². The number of rotatable bonds is 5. The van der Waals surface area contributed by atoms with Crippen LogP contribution in [0.15, 0.2) is 10.7 Å². The van der Waals surface area contributed by atoms with E-state index in [9.17, 15) is 0 Å². The predicted octanol–water partition coefficient (Wildman–Crippen LogP) is 2.41. The van der Waals surface area contributed by atoms with Gasteiger partial charge in [0.2, 0.25) is 0 Å². The second-order valence-electron chi connectivity index (χ2n) is 3.69. The standard InChI is InChI=1S/C11H18BrN3O/c1-5-15(8(2)7-16-4)11-6-10(12)13-9(3)14-11/h6,8H,5,7H2,1-4H3. The van der Waals surface area contributed by atoms with Crippen molar-refractivity contribution in [3.05, 3.63) is 16.5 Å². The number of hydrogen-bond acceptors (Lipinski definition) is 4. The fourth-order valence-electron chi connectivity index (χ4n) is 1.69. The van der Waals surface area contributed by atoms with Crippen LogP contribution < -0.4 is 4.90 Å². The molecule has 0 fully saturated rings. The maximum Gasteiger partial charge on any atom is 0.133 e. The lowest BCUT2D eigenvalue weighted by Gasteiger charge is -2.28. The Morgan fingerprint density at radius 3 is 2.69 bits per heavy atom. The van der Waals surface area contributed by atoms with E-state index < -0.39 is 0 Å². The van der Waals surface area contributed by atoms with Gasteiger partial charge in [-0.3, -0.25) is 0 Å². The molecule has 0 radical (unpaired) electrons. The summed E-state index contributed by atoms with van der Waals surface area (Å²) in [5, 5.41) is 0. The number of methoxy groups -OCH3 is 1. The molecule has 0 bridgehead atoms. The average molecular weight is 288 g/mol. The molecule has 1 aromatic rings. The molecule has 1 aromatic heterocycles. The van der Waals surface area contributed by atoms with Gasteiger partial charge in [-0.05, 0) is 36.7 Å². The molecular weight excluding hydrogens is 270 g/mol. The molecule has 0 aliphatic heterocycles. The number of nitrogens with zero attached hydrogens (tertiary/aromatic N) is 3. The molecule has 1 rings (SSSR count). The van der Waals surface area contributed by atoms with Crippen molar-refractivity contribution in [1.82, 2.24) is 9.97 Å². The van der Waals surface area contributed by atoms with Gasteiger partial charge in [0.25, 0.3) is 0 Å². The summed E-state index contributed by atoms with van der Waals surface area (Å²) in [6, 6.07) is 2.24. The molecule has 5 heteroatoms. The van der Waals surface area contributed by atoms with Gasteiger partial charge in [-0.15, -0.1) is 0 Å². The summed E-state index contributed by atoms with van der Waals surface area (Å²) in [5.74, 6) is 1.71. The summed E-state index contributed by atoms with van der Waals surface area (Å²) in [7, 11) is 1.71. The third-order valence-corrected chi connectivity index (χ3v) is 2.77. The van der Waals surface area contributed by atoms with Gasteiger partial charge in [0.1, 0.15) is 16.2 Å². The molecule has 0 aliphatic carbocycles. The Hall–Kier alpha value is -0.680. The van der Waals surface area contributed by atoms with Gasteiger partial charge in [-0.1, -0.05) is 0 Å². The molecule has 0 aliphatic rings. The molecule has 0 saturated heterocycles. The normalized spacial score (nSPS) is 12.6. The molecular formula is C11H18BrN3O. The molecule has 16 heavy (non-hydrogen) atoms. The zero-order chi connectivity index (χ0) is 12.1. The van der Waals surface area contributed by atoms with Gasteiger partial charge >= 0.3 is 0 Å². The van der Waals surface area contributed by atoms with Crippen LogP contribution in [-0.2, 0) is 4.74 Å². The Bertz CT molecular complexity index is 326. The van der Waals surface area contributed by atoms with Gasteiger partial charge in [-0.25, -0.2) is 9.97 Å². The highest BCUT2D eigenvalue weighted by molar-refractivity contribution is 9.10. The summed E-state index contributed by atoms with van der Waals surface area (Å²) in [6.45, 7) is 7.71. The predicted molar refractivity (Wildman–Crippen MR) is 68.8 cm³/mol. The quantitative estimate of drug-likeness (QED) is 0.780. The second-order valence-corrected chi connectivity index (χ2v) is 4.50. The molecule has 1 atom stereocenters. The second kappa shape index (κ2) is 6.15. The van der Waals surface area contributed by atoms with Gasteiger partial charge in [0.15, 0.2) is 0 Å². The smallest absolute Gasteiger partial charge is 0.133 e. The number of likely N-dealkylation sites (N-methyl/N-ethyl adjacent to an activating group) is 1. The minimum atomic E-state index is 0.302. The maximum absolute atomic E-state index is 5.17. The molecule has 0 spiro atoms. The van der Waals surface area contributed by atoms with Gasteiger partial charge in [0.05, 0.1) is 12.6 Å². The SMILES string of the molecule is CCN(c1cc(Br)nc(C)n1)C(C)COC. The number of halogens is 1. The maximum atomic E-state index is 5.17. The lowest BCUT2D eigenvalue weighted by Crippen LogP contribution is -2.36. The van der Waals surface area contributed by atoms with E-state index in [4.69, 9.17) is 4.74 Å². The zero-order valence-electron chi connectivity index (χ0n) is 10.2. The zero-order valence-corrected chi connectivity index (χ0v) is 11.8. The van der Waals surface area contributed by atoms with Gasteiger partial charge < -0.3 is 9.64 Å². The Morgan fingerprint density at radius 2 is 2.19 bits per heavy atom. The molecule has 0 saturated carbocycles. The van der Waals surface area contributed by atoms with Crippen molar-refractivity contribution in [3.63, 3.8) is 0 Å². The number of anilines is 1. The van der Waals surface area contributed by atoms with Gasteiger partial charge in [-0.2, -0.15) is 0 Å². The number of hydrogen-bond donors (Lipinski definition) is 0. The highest BCUT2D eigenvalue weighted by atomic mass is 79.9. The van der Waals surface area contributed by atoms with Crippen LogP contribution in [0, 0.1) is 6.92 Å². The fourth-order valence-corrected chi connectivity index (χ4v) is 2.16. The first-order valence-corrected chi connectivity index (χ1v) is 6.14. The Balaban J connectivity index is 2.94. The minimum Gasteiger partial charge on any atom is -0.383 e. The van der Waals surface area contributed by atoms with Crippen LogP contribution in [0.3, 0.4) is 0 Å². The monoisotopic (exact) mass is 287 g/mol. The third-order valence-electron chi connectivity index (χ3n) is 2.37. The molecule has 4 nitrogen and oxygen atoms in total. The summed E-state index contributed by atoms with van der Waals surface area (Å²) in [5.41, 5.74) is 0. The highest BCUT2D eigenvalue weighted by Crippen LogP contribution is 2.18. The van der Waals surface area contributed by atoms with Crippen molar-refractivity contribution >= 4 is 21.7 Å². The van der Waals surface area contributed by atoms with E-state index in [0.29, 0.717) is 12.6 Å². The lowest BCUT2D eigenvalue weighted by molar-refractivity contribution is 0.181. The first-order valence-electron chi connectivity index (χ1n) is 5.35. The van der Waals surface area contributed by atoms with Gasteiger partial charge in [0, 0.05) is 19.7 Å². The summed E-state index contributed by atoms with van der Waals surface area (Å²) < 4.78 is 5.99. The lowest BCUT2D eigenvalue weighted by atomic mass is 10.3. The van der Waals surface area contributed by atoms with Crippen molar-refractivity contribution in [1.29, 1.82) is 0 Å². The van der Waals surface area contributed by atoms with Crippen molar-refractivity contribution in [3.8, 4) is 0 Å². The van der Waals surface area contributed by atoms with E-state index in [1.807, 2.05) is 13.0 Å². The van der Waals surface area contributed by atoms with E-state index in [1.54, 1.807) is 7.11 Å². The number of ether oxygens (including phenoxy) is 1. The molecule has 0 N–H and O–H groups in total. The number of aryl methyl sites for hydroxylation is 1. The topological polar surface area (TPSA) is 38.2 Å². The first kappa shape index (κ1) is 13.4. The van der Waals surface area contributed by atoms with Crippen molar-refractivity contribution < 1.29 is 4.74 Å². The first-order chi connectivity index (χ1) is 7.58. The van der Waals surface area contributed by atoms with Crippen LogP contribution in [0.25, 0.3) is 0 Å². The fraction of sp³-hybridized carbons (Fsp3) is 0.636. The van der Waals surface area contributed by atoms with Crippen LogP contribution in [0.1, 0.15) is 19.7 Å². The largest absolute Gasteiger partial charge is 0.383 e. The Kier molecular flexibility index (Phi) is 5.15. The van der Waals surface area contributed by atoms with Crippen molar-refractivity contribution in [2.45, 2.75) is 26.8 Å². The van der Waals surface area contributed by atoms with Crippen molar-refractivity contribution in [2.24, 2.45) is 0 Å². The highest BCUT2D eigenvalue weighted by Gasteiger charge is 2.14. The molecule has 90 valence electrons. The van der Waals surface area contributed by atoms with Crippen LogP contribution in [0.2, 0.25) is 0 Å². The minimum absolute atomic E-state index is 0.302. The average Bonchev–Trinajstić information content (AvgIpc) is 2.17. The van der Waals surface area contributed by atoms with Crippen molar-refractivity contribution in [2.75, 3.05) is 25.2 Å². The van der Waals surface area contributed by atoms with Crippen LogP contribution in [-0.4, -0.2) is 36.3 Å². The number of aromatic nitrogens is 2. The van der Waals surface area contributed by atoms with E-state index in [1.165, 1.54) is 0 Å². The van der Waals surface area contributed by atoms with Crippen LogP contribution >= 0.6 is 15.9 Å². The molecule has 1 heterocycles. The van der Waals surface area contributed by atoms with E-state index in [-0.39, 0.29) is 0 Å². The Labute approximate surface area is 105 Å². The summed E-state index contributed by atoms with van der Waals surface area (Å²) >= 11 is 3.39.